The molecule has 0 radical (unpaired) electrons. The third-order valence-electron chi connectivity index (χ3n) is 4.13. The van der Waals surface area contributed by atoms with Gasteiger partial charge in [0.05, 0.1) is 5.56 Å². The van der Waals surface area contributed by atoms with Crippen LogP contribution >= 0.6 is 0 Å². The summed E-state index contributed by atoms with van der Waals surface area (Å²) >= 11 is 0. The molecule has 1 aliphatic carbocycles. The summed E-state index contributed by atoms with van der Waals surface area (Å²) in [4.78, 5) is 15.0. The van der Waals surface area contributed by atoms with E-state index in [1.54, 1.807) is 12.1 Å². The van der Waals surface area contributed by atoms with Crippen LogP contribution in [0.15, 0.2) is 36.4 Å². The summed E-state index contributed by atoms with van der Waals surface area (Å²) in [6.45, 7) is 5.97. The van der Waals surface area contributed by atoms with E-state index in [4.69, 9.17) is 0 Å². The van der Waals surface area contributed by atoms with E-state index in [1.807, 2.05) is 18.2 Å². The summed E-state index contributed by atoms with van der Waals surface area (Å²) in [5.41, 5.74) is 3.19. The molecule has 1 aliphatic rings. The predicted molar refractivity (Wildman–Crippen MR) is 88.1 cm³/mol. The smallest absolute Gasteiger partial charge is 0.196 e. The van der Waals surface area contributed by atoms with E-state index >= 15 is 0 Å². The van der Waals surface area contributed by atoms with E-state index in [0.717, 1.165) is 37.2 Å². The highest BCUT2D eigenvalue weighted by atomic mass is 19.1. The second kappa shape index (κ2) is 5.91. The van der Waals surface area contributed by atoms with E-state index in [0.29, 0.717) is 16.7 Å². The zero-order valence-electron chi connectivity index (χ0n) is 13.0. The van der Waals surface area contributed by atoms with Crippen LogP contribution in [0.5, 0.6) is 0 Å². The number of fused-ring (bicyclic) bond motifs is 3. The lowest BCUT2D eigenvalue weighted by molar-refractivity contribution is 0.104. The molecular weight excluding hydrogens is 277 g/mol. The van der Waals surface area contributed by atoms with Gasteiger partial charge in [-0.1, -0.05) is 38.1 Å². The molecule has 0 aromatic heterocycles. The average molecular weight is 297 g/mol. The molecule has 3 rings (SSSR count). The van der Waals surface area contributed by atoms with Gasteiger partial charge in [-0.05, 0) is 30.5 Å². The van der Waals surface area contributed by atoms with E-state index in [9.17, 15) is 9.18 Å². The van der Waals surface area contributed by atoms with Gasteiger partial charge in [0.2, 0.25) is 0 Å². The fraction of sp³-hybridized carbons (Fsp3) is 0.316. The van der Waals surface area contributed by atoms with Gasteiger partial charge in [-0.25, -0.2) is 4.39 Å². The minimum absolute atomic E-state index is 0.0580. The fourth-order valence-electron chi connectivity index (χ4n) is 3.25. The molecular formula is C19H20FNO. The molecule has 0 saturated carbocycles. The Morgan fingerprint density at radius 2 is 1.55 bits per heavy atom. The minimum Gasteiger partial charge on any atom is -0.371 e. The van der Waals surface area contributed by atoms with Crippen molar-refractivity contribution in [1.29, 1.82) is 0 Å². The summed E-state index contributed by atoms with van der Waals surface area (Å²) in [6, 6.07) is 10.5. The van der Waals surface area contributed by atoms with E-state index in [1.165, 1.54) is 6.07 Å². The summed E-state index contributed by atoms with van der Waals surface area (Å²) in [7, 11) is 0. The first kappa shape index (κ1) is 14.8. The highest BCUT2D eigenvalue weighted by Crippen LogP contribution is 2.42. The van der Waals surface area contributed by atoms with Gasteiger partial charge in [0.1, 0.15) is 5.82 Å². The second-order valence-electron chi connectivity index (χ2n) is 5.68. The molecule has 0 bridgehead atoms. The van der Waals surface area contributed by atoms with Crippen molar-refractivity contribution >= 4 is 11.5 Å². The van der Waals surface area contributed by atoms with Crippen molar-refractivity contribution in [1.82, 2.24) is 0 Å². The number of nitrogens with zero attached hydrogens (tertiary/aromatic N) is 1. The number of hydrogen-bond acceptors (Lipinski definition) is 2. The fourth-order valence-corrected chi connectivity index (χ4v) is 3.25. The summed E-state index contributed by atoms with van der Waals surface area (Å²) in [5, 5.41) is 0. The van der Waals surface area contributed by atoms with Gasteiger partial charge in [-0.2, -0.15) is 0 Å². The molecule has 0 fully saturated rings. The van der Waals surface area contributed by atoms with Gasteiger partial charge in [0.15, 0.2) is 5.78 Å². The van der Waals surface area contributed by atoms with Crippen molar-refractivity contribution in [3.05, 3.63) is 53.3 Å². The third kappa shape index (κ3) is 2.21. The number of carbonyl (C=O) groups is 1. The Balaban J connectivity index is 2.20. The monoisotopic (exact) mass is 297 g/mol. The Morgan fingerprint density at radius 1 is 0.909 bits per heavy atom. The molecule has 0 heterocycles. The molecule has 0 atom stereocenters. The maximum absolute atomic E-state index is 14.4. The number of rotatable bonds is 5. The Hall–Kier alpha value is -2.16. The number of hydrogen-bond donors (Lipinski definition) is 0. The van der Waals surface area contributed by atoms with Crippen molar-refractivity contribution in [2.45, 2.75) is 26.7 Å². The van der Waals surface area contributed by atoms with Gasteiger partial charge in [-0.15, -0.1) is 0 Å². The number of carbonyl (C=O) groups excluding carboxylic acids is 1. The standard InChI is InChI=1S/C19H20FNO/c1-3-11-21(12-4-2)16-10-9-15(20)17-13-7-5-6-8-14(13)19(22)18(16)17/h5-10H,3-4,11-12H2,1-2H3. The first-order valence-electron chi connectivity index (χ1n) is 7.90. The number of ketones is 1. The summed E-state index contributed by atoms with van der Waals surface area (Å²) < 4.78 is 14.4. The Kier molecular flexibility index (Phi) is 3.97. The molecule has 22 heavy (non-hydrogen) atoms. The number of benzene rings is 2. The zero-order chi connectivity index (χ0) is 15.7. The highest BCUT2D eigenvalue weighted by molar-refractivity contribution is 6.24. The molecule has 0 amide bonds. The van der Waals surface area contributed by atoms with Gasteiger partial charge >= 0.3 is 0 Å². The van der Waals surface area contributed by atoms with Crippen molar-refractivity contribution in [2.24, 2.45) is 0 Å². The maximum Gasteiger partial charge on any atom is 0.196 e. The lowest BCUT2D eigenvalue weighted by Gasteiger charge is -2.26. The van der Waals surface area contributed by atoms with Crippen molar-refractivity contribution in [2.75, 3.05) is 18.0 Å². The molecule has 0 spiro atoms. The van der Waals surface area contributed by atoms with E-state index < -0.39 is 0 Å². The SMILES string of the molecule is CCCN(CCC)c1ccc(F)c2c1C(=O)c1ccccc1-2. The van der Waals surface area contributed by atoms with Crippen LogP contribution in [0.3, 0.4) is 0 Å². The Labute approximate surface area is 130 Å². The van der Waals surface area contributed by atoms with E-state index in [-0.39, 0.29) is 11.6 Å². The first-order valence-corrected chi connectivity index (χ1v) is 7.90. The maximum atomic E-state index is 14.4. The van der Waals surface area contributed by atoms with Crippen LogP contribution in [0.2, 0.25) is 0 Å². The molecule has 0 aliphatic heterocycles. The molecule has 2 nitrogen and oxygen atoms in total. The van der Waals surface area contributed by atoms with Crippen molar-refractivity contribution < 1.29 is 9.18 Å². The molecule has 0 N–H and O–H groups in total. The topological polar surface area (TPSA) is 20.3 Å². The molecule has 0 unspecified atom stereocenters. The first-order chi connectivity index (χ1) is 10.7. The Bertz CT molecular complexity index is 717. The van der Waals surface area contributed by atoms with Gasteiger partial charge < -0.3 is 4.90 Å². The molecule has 3 heteroatoms. The van der Waals surface area contributed by atoms with Gasteiger partial charge in [0.25, 0.3) is 0 Å². The quantitative estimate of drug-likeness (QED) is 0.682. The van der Waals surface area contributed by atoms with E-state index in [2.05, 4.69) is 18.7 Å². The molecule has 114 valence electrons. The molecule has 0 saturated heterocycles. The van der Waals surface area contributed by atoms with Crippen LogP contribution in [-0.4, -0.2) is 18.9 Å². The predicted octanol–water partition coefficient (Wildman–Crippen LogP) is 4.66. The lowest BCUT2D eigenvalue weighted by Crippen LogP contribution is -2.26. The second-order valence-corrected chi connectivity index (χ2v) is 5.68. The van der Waals surface area contributed by atoms with Crippen LogP contribution in [0.1, 0.15) is 42.6 Å². The molecule has 2 aromatic carbocycles. The third-order valence-corrected chi connectivity index (χ3v) is 4.13. The Morgan fingerprint density at radius 3 is 2.18 bits per heavy atom. The van der Waals surface area contributed by atoms with Crippen molar-refractivity contribution in [3.63, 3.8) is 0 Å². The van der Waals surface area contributed by atoms with Crippen LogP contribution in [-0.2, 0) is 0 Å². The average Bonchev–Trinajstić information content (AvgIpc) is 2.83. The highest BCUT2D eigenvalue weighted by Gasteiger charge is 2.32. The largest absolute Gasteiger partial charge is 0.371 e. The minimum atomic E-state index is -0.315. The van der Waals surface area contributed by atoms with Crippen LogP contribution in [0.25, 0.3) is 11.1 Å². The zero-order valence-corrected chi connectivity index (χ0v) is 13.0. The summed E-state index contributed by atoms with van der Waals surface area (Å²) in [6.07, 6.45) is 1.99. The van der Waals surface area contributed by atoms with Crippen LogP contribution < -0.4 is 4.90 Å². The number of halogens is 1. The normalized spacial score (nSPS) is 12.2. The lowest BCUT2D eigenvalue weighted by atomic mass is 10.0. The summed E-state index contributed by atoms with van der Waals surface area (Å²) in [5.74, 6) is -0.373. The van der Waals surface area contributed by atoms with Gasteiger partial charge in [0, 0.05) is 29.9 Å². The van der Waals surface area contributed by atoms with Crippen molar-refractivity contribution in [3.8, 4) is 11.1 Å². The van der Waals surface area contributed by atoms with Crippen LogP contribution in [0, 0.1) is 5.82 Å². The number of anilines is 1. The van der Waals surface area contributed by atoms with Gasteiger partial charge in [-0.3, -0.25) is 4.79 Å². The van der Waals surface area contributed by atoms with Crippen LogP contribution in [0.4, 0.5) is 10.1 Å². The molecule has 2 aromatic rings.